The van der Waals surface area contributed by atoms with Crippen LogP contribution in [-0.2, 0) is 32.7 Å². The number of allylic oxidation sites excluding steroid dienone is 24. The lowest BCUT2D eigenvalue weighted by molar-refractivity contribution is -0.870. The van der Waals surface area contributed by atoms with E-state index in [2.05, 4.69) is 160 Å². The summed E-state index contributed by atoms with van der Waals surface area (Å²) in [6.07, 6.45) is 90.5. The molecular weight excluding hydrogens is 1040 g/mol. The van der Waals surface area contributed by atoms with Crippen molar-refractivity contribution in [1.82, 2.24) is 0 Å². The molecule has 10 heteroatoms. The lowest BCUT2D eigenvalue weighted by Crippen LogP contribution is -2.37. The average molecular weight is 1160 g/mol. The first-order chi connectivity index (χ1) is 40.0. The maximum absolute atomic E-state index is 12.8. The normalized spacial score (nSPS) is 14.2. The summed E-state index contributed by atoms with van der Waals surface area (Å²) in [6.45, 7) is 4.09. The second-order valence-electron chi connectivity index (χ2n) is 22.4. The van der Waals surface area contributed by atoms with Crippen molar-refractivity contribution >= 4 is 19.8 Å². The molecule has 9 nitrogen and oxygen atoms in total. The predicted molar refractivity (Wildman–Crippen MR) is 350 cm³/mol. The minimum atomic E-state index is -4.65. The van der Waals surface area contributed by atoms with E-state index in [-0.39, 0.29) is 26.1 Å². The SMILES string of the molecule is CC/C=C\C/C=C\C/C=C\C/C=C\C/C=C\C/C=C\C/C=C\C/C=C\C/C=C\C/C=C\C/C=C\C/C=C\CCCCCCC(=O)OC(COC(=O)CCCCCCCCCCCCCCCCCCC)COP(=O)([O-])OCC[N+](C)(C)C. The first-order valence-corrected chi connectivity index (χ1v) is 34.0. The van der Waals surface area contributed by atoms with Gasteiger partial charge in [-0.3, -0.25) is 14.2 Å². The summed E-state index contributed by atoms with van der Waals surface area (Å²) >= 11 is 0. The fourth-order valence-electron chi connectivity index (χ4n) is 8.40. The molecule has 0 saturated heterocycles. The van der Waals surface area contributed by atoms with E-state index in [9.17, 15) is 19.0 Å². The number of hydrogen-bond donors (Lipinski definition) is 0. The van der Waals surface area contributed by atoms with Crippen LogP contribution in [0.25, 0.3) is 0 Å². The highest BCUT2D eigenvalue weighted by atomic mass is 31.2. The van der Waals surface area contributed by atoms with Crippen LogP contribution in [0.15, 0.2) is 146 Å². The molecule has 0 amide bonds. The highest BCUT2D eigenvalue weighted by molar-refractivity contribution is 7.45. The number of unbranched alkanes of at least 4 members (excludes halogenated alkanes) is 20. The summed E-state index contributed by atoms with van der Waals surface area (Å²) < 4.78 is 34.2. The average Bonchev–Trinajstić information content (AvgIpc) is 3.45. The zero-order chi connectivity index (χ0) is 59.8. The van der Waals surface area contributed by atoms with Crippen molar-refractivity contribution in [2.24, 2.45) is 0 Å². The van der Waals surface area contributed by atoms with Crippen LogP contribution in [0.1, 0.15) is 245 Å². The van der Waals surface area contributed by atoms with E-state index in [0.717, 1.165) is 122 Å². The first-order valence-electron chi connectivity index (χ1n) is 32.5. The van der Waals surface area contributed by atoms with E-state index in [1.807, 2.05) is 21.1 Å². The Morgan fingerprint density at radius 3 is 1.04 bits per heavy atom. The van der Waals surface area contributed by atoms with Crippen LogP contribution in [0.2, 0.25) is 0 Å². The monoisotopic (exact) mass is 1160 g/mol. The molecule has 0 aliphatic carbocycles. The van der Waals surface area contributed by atoms with Gasteiger partial charge in [-0.1, -0.05) is 275 Å². The van der Waals surface area contributed by atoms with Gasteiger partial charge in [0.25, 0.3) is 7.82 Å². The van der Waals surface area contributed by atoms with Crippen molar-refractivity contribution < 1.29 is 42.1 Å². The molecule has 2 atom stereocenters. The summed E-state index contributed by atoms with van der Waals surface area (Å²) in [4.78, 5) is 37.9. The maximum Gasteiger partial charge on any atom is 0.306 e. The van der Waals surface area contributed by atoms with Gasteiger partial charge in [-0.15, -0.1) is 0 Å². The minimum Gasteiger partial charge on any atom is -0.756 e. The summed E-state index contributed by atoms with van der Waals surface area (Å²) in [7, 11) is 1.13. The van der Waals surface area contributed by atoms with E-state index < -0.39 is 32.5 Å². The zero-order valence-electron chi connectivity index (χ0n) is 52.9. The van der Waals surface area contributed by atoms with Crippen molar-refractivity contribution in [3.05, 3.63) is 146 Å². The molecule has 0 aliphatic rings. The van der Waals surface area contributed by atoms with Crippen LogP contribution >= 0.6 is 7.82 Å². The van der Waals surface area contributed by atoms with Crippen LogP contribution in [0, 0.1) is 0 Å². The fourth-order valence-corrected chi connectivity index (χ4v) is 9.13. The molecule has 0 saturated carbocycles. The molecule has 82 heavy (non-hydrogen) atoms. The van der Waals surface area contributed by atoms with Gasteiger partial charge in [0.1, 0.15) is 19.8 Å². The van der Waals surface area contributed by atoms with E-state index in [1.54, 1.807) is 0 Å². The van der Waals surface area contributed by atoms with E-state index in [1.165, 1.54) is 89.9 Å². The summed E-state index contributed by atoms with van der Waals surface area (Å²) in [5, 5.41) is 0. The molecule has 0 N–H and O–H groups in total. The van der Waals surface area contributed by atoms with Gasteiger partial charge < -0.3 is 27.9 Å². The number of phosphoric acid groups is 1. The molecule has 0 heterocycles. The number of hydrogen-bond acceptors (Lipinski definition) is 8. The number of phosphoric ester groups is 1. The van der Waals surface area contributed by atoms with Crippen molar-refractivity contribution in [1.29, 1.82) is 0 Å². The molecule has 0 fully saturated rings. The molecule has 0 aliphatic heterocycles. The Kier molecular flexibility index (Phi) is 58.4. The number of esters is 2. The van der Waals surface area contributed by atoms with Gasteiger partial charge in [0.15, 0.2) is 6.10 Å². The smallest absolute Gasteiger partial charge is 0.306 e. The molecule has 0 radical (unpaired) electrons. The molecule has 0 aromatic heterocycles. The maximum atomic E-state index is 12.8. The lowest BCUT2D eigenvalue weighted by Gasteiger charge is -2.28. The van der Waals surface area contributed by atoms with Crippen molar-refractivity contribution in [2.75, 3.05) is 47.5 Å². The quantitative estimate of drug-likeness (QED) is 0.0195. The third-order valence-electron chi connectivity index (χ3n) is 13.4. The number of quaternary nitrogens is 1. The molecule has 0 aromatic carbocycles. The summed E-state index contributed by atoms with van der Waals surface area (Å²) in [5.41, 5.74) is 0. The van der Waals surface area contributed by atoms with Gasteiger partial charge in [0.05, 0.1) is 27.7 Å². The standard InChI is InChI=1S/C72H120NO8P/c1-6-8-10-12-14-16-18-20-22-24-25-26-27-28-29-30-31-32-33-34-35-36-37-38-39-40-41-42-43-44-45-46-47-49-51-53-55-57-59-61-63-65-72(75)81-70(69-80-82(76,77)79-67-66-73(3,4)5)68-78-71(74)64-62-60-58-56-54-52-50-48-23-21-19-17-15-13-11-9-7-2/h8,10,14,16,20,22,25-26,28-29,31-32,34-35,37-38,40-41,43-44,46-47,51,53,70H,6-7,9,11-13,15,17-19,21,23-24,27,30,33,36,39,42,45,48-50,52,54-69H2,1-5H3/b10-8-,16-14-,22-20-,26-25-,29-28-,32-31-,35-34-,38-37-,41-40-,44-43-,47-46-,53-51-. The van der Waals surface area contributed by atoms with Crippen LogP contribution in [-0.4, -0.2) is 70.0 Å². The van der Waals surface area contributed by atoms with Crippen molar-refractivity contribution in [3.8, 4) is 0 Å². The molecule has 0 spiro atoms. The summed E-state index contributed by atoms with van der Waals surface area (Å²) in [6, 6.07) is 0. The van der Waals surface area contributed by atoms with Crippen LogP contribution in [0.4, 0.5) is 0 Å². The Bertz CT molecular complexity index is 1890. The highest BCUT2D eigenvalue weighted by Gasteiger charge is 2.22. The Hall–Kier alpha value is -4.11. The molecule has 466 valence electrons. The number of likely N-dealkylation sites (N-methyl/N-ethyl adjacent to an activating group) is 1. The largest absolute Gasteiger partial charge is 0.756 e. The second kappa shape index (κ2) is 61.5. The third-order valence-corrected chi connectivity index (χ3v) is 14.3. The minimum absolute atomic E-state index is 0.0420. The van der Waals surface area contributed by atoms with Gasteiger partial charge in [0, 0.05) is 12.8 Å². The van der Waals surface area contributed by atoms with E-state index >= 15 is 0 Å². The van der Waals surface area contributed by atoms with Gasteiger partial charge in [-0.25, -0.2) is 0 Å². The lowest BCUT2D eigenvalue weighted by atomic mass is 10.0. The zero-order valence-corrected chi connectivity index (χ0v) is 53.8. The van der Waals surface area contributed by atoms with Crippen LogP contribution in [0.5, 0.6) is 0 Å². The fraction of sp³-hybridized carbons (Fsp3) is 0.639. The van der Waals surface area contributed by atoms with Gasteiger partial charge in [-0.2, -0.15) is 0 Å². The Balaban J connectivity index is 4.18. The summed E-state index contributed by atoms with van der Waals surface area (Å²) in [5.74, 6) is -0.866. The van der Waals surface area contributed by atoms with E-state index in [0.29, 0.717) is 17.4 Å². The number of nitrogens with zero attached hydrogens (tertiary/aromatic N) is 1. The van der Waals surface area contributed by atoms with Crippen molar-refractivity contribution in [2.45, 2.75) is 251 Å². The number of carbonyl (C=O) groups is 2. The molecule has 0 bridgehead atoms. The number of rotatable bonds is 58. The Labute approximate surface area is 503 Å². The molecule has 2 unspecified atom stereocenters. The van der Waals surface area contributed by atoms with E-state index in [4.69, 9.17) is 18.5 Å². The Morgan fingerprint density at radius 2 is 0.695 bits per heavy atom. The highest BCUT2D eigenvalue weighted by Crippen LogP contribution is 2.38. The molecular formula is C72H120NO8P. The predicted octanol–water partition coefficient (Wildman–Crippen LogP) is 20.4. The number of carbonyl (C=O) groups excluding carboxylic acids is 2. The molecule has 0 rings (SSSR count). The van der Waals surface area contributed by atoms with Gasteiger partial charge >= 0.3 is 11.9 Å². The van der Waals surface area contributed by atoms with Crippen LogP contribution in [0.3, 0.4) is 0 Å². The Morgan fingerprint density at radius 1 is 0.390 bits per heavy atom. The topological polar surface area (TPSA) is 111 Å². The third kappa shape index (κ3) is 65.0. The van der Waals surface area contributed by atoms with Gasteiger partial charge in [0.2, 0.25) is 0 Å². The second-order valence-corrected chi connectivity index (χ2v) is 23.8. The number of ether oxygens (including phenoxy) is 2. The molecule has 0 aromatic rings. The first kappa shape index (κ1) is 77.9. The van der Waals surface area contributed by atoms with Gasteiger partial charge in [-0.05, 0) is 103 Å². The van der Waals surface area contributed by atoms with Crippen LogP contribution < -0.4 is 4.89 Å². The van der Waals surface area contributed by atoms with Crippen molar-refractivity contribution in [3.63, 3.8) is 0 Å².